The fourth-order valence-corrected chi connectivity index (χ4v) is 1.93. The zero-order chi connectivity index (χ0) is 16.1. The molecule has 0 saturated carbocycles. The molecule has 0 aliphatic rings. The van der Waals surface area contributed by atoms with Crippen LogP contribution in [0, 0.1) is 12.7 Å². The number of carbonyl (C=O) groups is 2. The molecule has 0 heterocycles. The van der Waals surface area contributed by atoms with E-state index in [9.17, 15) is 14.0 Å². The summed E-state index contributed by atoms with van der Waals surface area (Å²) in [4.78, 5) is 23.0. The summed E-state index contributed by atoms with van der Waals surface area (Å²) in [6, 6.07) is 11.3. The van der Waals surface area contributed by atoms with E-state index in [0.717, 1.165) is 11.1 Å². The number of hydrogen-bond donors (Lipinski definition) is 2. The molecule has 0 aliphatic heterocycles. The lowest BCUT2D eigenvalue weighted by molar-refractivity contribution is -0.119. The van der Waals surface area contributed by atoms with E-state index in [1.807, 2.05) is 6.92 Å². The van der Waals surface area contributed by atoms with Crippen LogP contribution >= 0.6 is 0 Å². The largest absolute Gasteiger partial charge is 0.352 e. The third-order valence-corrected chi connectivity index (χ3v) is 3.13. The Hall–Kier alpha value is -2.69. The van der Waals surface area contributed by atoms with E-state index in [2.05, 4.69) is 10.6 Å². The van der Waals surface area contributed by atoms with Crippen molar-refractivity contribution in [2.45, 2.75) is 20.4 Å². The Morgan fingerprint density at radius 3 is 2.41 bits per heavy atom. The second-order valence-corrected chi connectivity index (χ2v) is 5.04. The second kappa shape index (κ2) is 6.85. The van der Waals surface area contributed by atoms with Gasteiger partial charge < -0.3 is 10.6 Å². The number of nitrogens with one attached hydrogen (secondary N) is 2. The van der Waals surface area contributed by atoms with Crippen molar-refractivity contribution in [1.29, 1.82) is 0 Å². The Labute approximate surface area is 128 Å². The molecule has 0 radical (unpaired) electrons. The van der Waals surface area contributed by atoms with Crippen LogP contribution in [0.3, 0.4) is 0 Å². The molecule has 4 nitrogen and oxygen atoms in total. The standard InChI is InChI=1S/C17H17FN2O2/c1-11-3-8-15(18)16(9-11)20-17(22)14-6-4-13(5-7-14)10-19-12(2)21/h3-9H,10H2,1-2H3,(H,19,21)(H,20,22). The van der Waals surface area contributed by atoms with Gasteiger partial charge in [-0.1, -0.05) is 18.2 Å². The Balaban J connectivity index is 2.06. The first kappa shape index (κ1) is 15.7. The molecule has 0 aromatic heterocycles. The number of anilines is 1. The Morgan fingerprint density at radius 1 is 1.09 bits per heavy atom. The van der Waals surface area contributed by atoms with Gasteiger partial charge >= 0.3 is 0 Å². The van der Waals surface area contributed by atoms with Crippen molar-refractivity contribution in [2.75, 3.05) is 5.32 Å². The fourth-order valence-electron chi connectivity index (χ4n) is 1.93. The zero-order valence-corrected chi connectivity index (χ0v) is 12.4. The minimum atomic E-state index is -0.471. The van der Waals surface area contributed by atoms with Crippen LogP contribution in [0.15, 0.2) is 42.5 Å². The SMILES string of the molecule is CC(=O)NCc1ccc(C(=O)Nc2cc(C)ccc2F)cc1. The number of rotatable bonds is 4. The number of halogens is 1. The summed E-state index contributed by atoms with van der Waals surface area (Å²) in [5.74, 6) is -0.964. The average Bonchev–Trinajstić information content (AvgIpc) is 2.49. The number of amides is 2. The molecule has 0 unspecified atom stereocenters. The molecule has 5 heteroatoms. The van der Waals surface area contributed by atoms with Crippen LogP contribution in [-0.2, 0) is 11.3 Å². The minimum absolute atomic E-state index is 0.114. The predicted molar refractivity (Wildman–Crippen MR) is 83.1 cm³/mol. The molecular weight excluding hydrogens is 283 g/mol. The van der Waals surface area contributed by atoms with Crippen LogP contribution < -0.4 is 10.6 Å². The van der Waals surface area contributed by atoms with Gasteiger partial charge in [0, 0.05) is 19.0 Å². The predicted octanol–water partition coefficient (Wildman–Crippen LogP) is 3.02. The first-order valence-corrected chi connectivity index (χ1v) is 6.86. The highest BCUT2D eigenvalue weighted by Gasteiger charge is 2.09. The lowest BCUT2D eigenvalue weighted by Crippen LogP contribution is -2.19. The van der Waals surface area contributed by atoms with Crippen molar-refractivity contribution in [3.05, 3.63) is 65.0 Å². The van der Waals surface area contributed by atoms with Gasteiger partial charge in [-0.25, -0.2) is 4.39 Å². The third-order valence-electron chi connectivity index (χ3n) is 3.13. The summed E-state index contributed by atoms with van der Waals surface area (Å²) in [7, 11) is 0. The highest BCUT2D eigenvalue weighted by molar-refractivity contribution is 6.04. The maximum atomic E-state index is 13.6. The molecule has 2 amide bonds. The van der Waals surface area contributed by atoms with Gasteiger partial charge in [0.15, 0.2) is 0 Å². The summed E-state index contributed by atoms with van der Waals surface area (Å²) in [6.07, 6.45) is 0. The normalized spacial score (nSPS) is 10.1. The van der Waals surface area contributed by atoms with Crippen LogP contribution in [0.2, 0.25) is 0 Å². The van der Waals surface area contributed by atoms with Crippen LogP contribution in [0.4, 0.5) is 10.1 Å². The minimum Gasteiger partial charge on any atom is -0.352 e. The van der Waals surface area contributed by atoms with Gasteiger partial charge in [0.2, 0.25) is 5.91 Å². The third kappa shape index (κ3) is 4.15. The highest BCUT2D eigenvalue weighted by Crippen LogP contribution is 2.17. The maximum Gasteiger partial charge on any atom is 0.255 e. The topological polar surface area (TPSA) is 58.2 Å². The molecule has 0 aliphatic carbocycles. The number of aryl methyl sites for hydroxylation is 1. The Kier molecular flexibility index (Phi) is 4.88. The lowest BCUT2D eigenvalue weighted by Gasteiger charge is -2.08. The number of carbonyl (C=O) groups excluding carboxylic acids is 2. The summed E-state index contributed by atoms with van der Waals surface area (Å²) in [5.41, 5.74) is 2.33. The monoisotopic (exact) mass is 300 g/mol. The van der Waals surface area contributed by atoms with Crippen LogP contribution in [0.1, 0.15) is 28.4 Å². The molecule has 0 spiro atoms. The van der Waals surface area contributed by atoms with Gasteiger partial charge in [-0.3, -0.25) is 9.59 Å². The highest BCUT2D eigenvalue weighted by atomic mass is 19.1. The maximum absolute atomic E-state index is 13.6. The van der Waals surface area contributed by atoms with Crippen molar-refractivity contribution in [1.82, 2.24) is 5.32 Å². The molecule has 0 saturated heterocycles. The van der Waals surface area contributed by atoms with Crippen molar-refractivity contribution in [2.24, 2.45) is 0 Å². The summed E-state index contributed by atoms with van der Waals surface area (Å²) in [6.45, 7) is 3.67. The number of benzene rings is 2. The van der Waals surface area contributed by atoms with Crippen LogP contribution in [-0.4, -0.2) is 11.8 Å². The molecular formula is C17H17FN2O2. The molecule has 2 aromatic rings. The van der Waals surface area contributed by atoms with E-state index in [1.165, 1.54) is 13.0 Å². The molecule has 22 heavy (non-hydrogen) atoms. The van der Waals surface area contributed by atoms with Crippen molar-refractivity contribution >= 4 is 17.5 Å². The van der Waals surface area contributed by atoms with E-state index >= 15 is 0 Å². The summed E-state index contributed by atoms with van der Waals surface area (Å²) in [5, 5.41) is 5.23. The van der Waals surface area contributed by atoms with E-state index in [1.54, 1.807) is 36.4 Å². The second-order valence-electron chi connectivity index (χ2n) is 5.04. The molecule has 2 rings (SSSR count). The van der Waals surface area contributed by atoms with E-state index < -0.39 is 5.82 Å². The van der Waals surface area contributed by atoms with Gasteiger partial charge in [0.1, 0.15) is 5.82 Å². The molecule has 0 bridgehead atoms. The van der Waals surface area contributed by atoms with Gasteiger partial charge in [-0.05, 0) is 42.3 Å². The van der Waals surface area contributed by atoms with Crippen molar-refractivity contribution in [3.8, 4) is 0 Å². The first-order chi connectivity index (χ1) is 10.5. The smallest absolute Gasteiger partial charge is 0.255 e. The van der Waals surface area contributed by atoms with Crippen LogP contribution in [0.25, 0.3) is 0 Å². The van der Waals surface area contributed by atoms with E-state index in [0.29, 0.717) is 12.1 Å². The van der Waals surface area contributed by atoms with Gasteiger partial charge in [0.05, 0.1) is 5.69 Å². The van der Waals surface area contributed by atoms with E-state index in [4.69, 9.17) is 0 Å². The first-order valence-electron chi connectivity index (χ1n) is 6.86. The van der Waals surface area contributed by atoms with Gasteiger partial charge in [-0.2, -0.15) is 0 Å². The summed E-state index contributed by atoms with van der Waals surface area (Å²) >= 11 is 0. The molecule has 0 atom stereocenters. The zero-order valence-electron chi connectivity index (χ0n) is 12.4. The van der Waals surface area contributed by atoms with Crippen molar-refractivity contribution in [3.63, 3.8) is 0 Å². The quantitative estimate of drug-likeness (QED) is 0.912. The molecule has 2 N–H and O–H groups in total. The van der Waals surface area contributed by atoms with Gasteiger partial charge in [0.25, 0.3) is 5.91 Å². The Bertz CT molecular complexity index is 696. The molecule has 114 valence electrons. The molecule has 0 fully saturated rings. The number of hydrogen-bond acceptors (Lipinski definition) is 2. The van der Waals surface area contributed by atoms with E-state index in [-0.39, 0.29) is 17.5 Å². The fraction of sp³-hybridized carbons (Fsp3) is 0.176. The lowest BCUT2D eigenvalue weighted by atomic mass is 10.1. The van der Waals surface area contributed by atoms with Gasteiger partial charge in [-0.15, -0.1) is 0 Å². The van der Waals surface area contributed by atoms with Crippen molar-refractivity contribution < 1.29 is 14.0 Å². The Morgan fingerprint density at radius 2 is 1.77 bits per heavy atom. The average molecular weight is 300 g/mol. The molecule has 2 aromatic carbocycles. The van der Waals surface area contributed by atoms with Crippen LogP contribution in [0.5, 0.6) is 0 Å². The summed E-state index contributed by atoms with van der Waals surface area (Å²) < 4.78 is 13.6.